The van der Waals surface area contributed by atoms with Gasteiger partial charge in [0.1, 0.15) is 12.2 Å². The van der Waals surface area contributed by atoms with Gasteiger partial charge < -0.3 is 20.1 Å². The van der Waals surface area contributed by atoms with Gasteiger partial charge in [-0.2, -0.15) is 0 Å². The van der Waals surface area contributed by atoms with Crippen molar-refractivity contribution in [1.29, 1.82) is 0 Å². The molecule has 0 bridgehead atoms. The van der Waals surface area contributed by atoms with Crippen molar-refractivity contribution in [1.82, 2.24) is 0 Å². The maximum absolute atomic E-state index is 10.0. The molecule has 0 unspecified atom stereocenters. The van der Waals surface area contributed by atoms with E-state index < -0.39 is 18.3 Å². The quantitative estimate of drug-likeness (QED) is 0.475. The fraction of sp³-hybridized carbons (Fsp3) is 0.875. The SMILES string of the molecule is CCCC[C@@H](O)[C@@H](O)[C@@H](O)C=O. The lowest BCUT2D eigenvalue weighted by Gasteiger charge is -2.18. The maximum atomic E-state index is 10.0. The summed E-state index contributed by atoms with van der Waals surface area (Å²) in [5, 5.41) is 27.1. The highest BCUT2D eigenvalue weighted by Crippen LogP contribution is 2.06. The van der Waals surface area contributed by atoms with Gasteiger partial charge in [0, 0.05) is 0 Å². The molecule has 0 aliphatic carbocycles. The average Bonchev–Trinajstić information content (AvgIpc) is 2.11. The molecule has 12 heavy (non-hydrogen) atoms. The maximum Gasteiger partial charge on any atom is 0.151 e. The lowest BCUT2D eigenvalue weighted by Crippen LogP contribution is -2.38. The first kappa shape index (κ1) is 11.6. The van der Waals surface area contributed by atoms with E-state index in [9.17, 15) is 9.90 Å². The number of hydrogen-bond acceptors (Lipinski definition) is 4. The van der Waals surface area contributed by atoms with Crippen molar-refractivity contribution >= 4 is 6.29 Å². The van der Waals surface area contributed by atoms with Gasteiger partial charge in [0.2, 0.25) is 0 Å². The summed E-state index contributed by atoms with van der Waals surface area (Å²) in [5.74, 6) is 0. The summed E-state index contributed by atoms with van der Waals surface area (Å²) in [6.45, 7) is 1.95. The Morgan fingerprint density at radius 3 is 2.33 bits per heavy atom. The van der Waals surface area contributed by atoms with Crippen LogP contribution in [0.1, 0.15) is 26.2 Å². The van der Waals surface area contributed by atoms with Gasteiger partial charge in [-0.15, -0.1) is 0 Å². The van der Waals surface area contributed by atoms with Crippen molar-refractivity contribution in [2.24, 2.45) is 0 Å². The number of carbonyl (C=O) groups excluding carboxylic acids is 1. The van der Waals surface area contributed by atoms with Crippen molar-refractivity contribution in [2.75, 3.05) is 0 Å². The summed E-state index contributed by atoms with van der Waals surface area (Å²) in [6.07, 6.45) is -1.54. The molecule has 3 N–H and O–H groups in total. The molecule has 0 aromatic heterocycles. The van der Waals surface area contributed by atoms with Crippen LogP contribution in [0.15, 0.2) is 0 Å². The molecular weight excluding hydrogens is 160 g/mol. The van der Waals surface area contributed by atoms with E-state index in [1.54, 1.807) is 0 Å². The molecule has 0 fully saturated rings. The summed E-state index contributed by atoms with van der Waals surface area (Å²) in [4.78, 5) is 10.0. The smallest absolute Gasteiger partial charge is 0.151 e. The van der Waals surface area contributed by atoms with Crippen LogP contribution in [-0.4, -0.2) is 39.9 Å². The number of aliphatic hydroxyl groups excluding tert-OH is 3. The second-order valence-electron chi connectivity index (χ2n) is 2.83. The van der Waals surface area contributed by atoms with Gasteiger partial charge >= 0.3 is 0 Å². The van der Waals surface area contributed by atoms with E-state index in [0.29, 0.717) is 6.42 Å². The summed E-state index contributed by atoms with van der Waals surface area (Å²) in [5.41, 5.74) is 0. The van der Waals surface area contributed by atoms with Gasteiger partial charge in [0.15, 0.2) is 6.29 Å². The highest BCUT2D eigenvalue weighted by Gasteiger charge is 2.23. The van der Waals surface area contributed by atoms with Crippen molar-refractivity contribution in [2.45, 2.75) is 44.5 Å². The van der Waals surface area contributed by atoms with Gasteiger partial charge in [-0.1, -0.05) is 19.8 Å². The third-order valence-corrected chi connectivity index (χ3v) is 1.74. The van der Waals surface area contributed by atoms with Crippen LogP contribution in [0.2, 0.25) is 0 Å². The zero-order valence-corrected chi connectivity index (χ0v) is 7.18. The standard InChI is InChI=1S/C8H16O4/c1-2-3-4-6(10)8(12)7(11)5-9/h5-8,10-12H,2-4H2,1H3/t6-,7+,8-/m1/s1. The Morgan fingerprint density at radius 2 is 1.92 bits per heavy atom. The topological polar surface area (TPSA) is 77.8 Å². The van der Waals surface area contributed by atoms with Crippen molar-refractivity contribution in [3.8, 4) is 0 Å². The number of aldehydes is 1. The molecular formula is C8H16O4. The predicted molar refractivity (Wildman–Crippen MR) is 43.6 cm³/mol. The van der Waals surface area contributed by atoms with Crippen molar-refractivity contribution < 1.29 is 20.1 Å². The molecule has 0 heterocycles. The van der Waals surface area contributed by atoms with Crippen LogP contribution in [-0.2, 0) is 4.79 Å². The number of hydrogen-bond donors (Lipinski definition) is 3. The first-order chi connectivity index (χ1) is 5.63. The van der Waals surface area contributed by atoms with Crippen LogP contribution in [0.5, 0.6) is 0 Å². The molecule has 72 valence electrons. The number of carbonyl (C=O) groups is 1. The first-order valence-corrected chi connectivity index (χ1v) is 4.13. The Balaban J connectivity index is 3.74. The van der Waals surface area contributed by atoms with Crippen LogP contribution in [0.25, 0.3) is 0 Å². The molecule has 3 atom stereocenters. The fourth-order valence-electron chi connectivity index (χ4n) is 0.892. The van der Waals surface area contributed by atoms with Crippen molar-refractivity contribution in [3.63, 3.8) is 0 Å². The summed E-state index contributed by atoms with van der Waals surface area (Å²) < 4.78 is 0. The Morgan fingerprint density at radius 1 is 1.33 bits per heavy atom. The fourth-order valence-corrected chi connectivity index (χ4v) is 0.892. The zero-order chi connectivity index (χ0) is 9.56. The first-order valence-electron chi connectivity index (χ1n) is 4.13. The second-order valence-corrected chi connectivity index (χ2v) is 2.83. The molecule has 0 spiro atoms. The average molecular weight is 176 g/mol. The third-order valence-electron chi connectivity index (χ3n) is 1.74. The molecule has 0 radical (unpaired) electrons. The van der Waals surface area contributed by atoms with Gasteiger partial charge in [-0.05, 0) is 6.42 Å². The Kier molecular flexibility index (Phi) is 5.88. The third kappa shape index (κ3) is 3.80. The van der Waals surface area contributed by atoms with E-state index in [-0.39, 0.29) is 6.29 Å². The van der Waals surface area contributed by atoms with E-state index in [1.165, 1.54) is 0 Å². The van der Waals surface area contributed by atoms with Gasteiger partial charge in [-0.3, -0.25) is 0 Å². The molecule has 4 heteroatoms. The van der Waals surface area contributed by atoms with Crippen LogP contribution in [0.3, 0.4) is 0 Å². The second kappa shape index (κ2) is 6.11. The van der Waals surface area contributed by atoms with Gasteiger partial charge in [-0.25, -0.2) is 0 Å². The molecule has 0 aliphatic rings. The minimum atomic E-state index is -1.48. The van der Waals surface area contributed by atoms with Crippen LogP contribution >= 0.6 is 0 Å². The van der Waals surface area contributed by atoms with Crippen LogP contribution in [0.4, 0.5) is 0 Å². The molecule has 0 saturated heterocycles. The van der Waals surface area contributed by atoms with E-state index in [4.69, 9.17) is 10.2 Å². The molecule has 0 aliphatic heterocycles. The highest BCUT2D eigenvalue weighted by atomic mass is 16.4. The molecule has 0 rings (SSSR count). The Bertz CT molecular complexity index is 126. The minimum absolute atomic E-state index is 0.222. The zero-order valence-electron chi connectivity index (χ0n) is 7.18. The number of rotatable bonds is 6. The monoisotopic (exact) mass is 176 g/mol. The minimum Gasteiger partial charge on any atom is -0.390 e. The van der Waals surface area contributed by atoms with E-state index in [0.717, 1.165) is 12.8 Å². The van der Waals surface area contributed by atoms with Crippen molar-refractivity contribution in [3.05, 3.63) is 0 Å². The number of aliphatic hydroxyl groups is 3. The molecule has 0 saturated carbocycles. The molecule has 4 nitrogen and oxygen atoms in total. The number of unbranched alkanes of at least 4 members (excludes halogenated alkanes) is 1. The molecule has 0 amide bonds. The summed E-state index contributed by atoms with van der Waals surface area (Å²) in [6, 6.07) is 0. The van der Waals surface area contributed by atoms with E-state index in [1.807, 2.05) is 6.92 Å². The lowest BCUT2D eigenvalue weighted by molar-refractivity contribution is -0.126. The highest BCUT2D eigenvalue weighted by molar-refractivity contribution is 5.56. The molecule has 0 aromatic carbocycles. The van der Waals surface area contributed by atoms with Crippen LogP contribution < -0.4 is 0 Å². The summed E-state index contributed by atoms with van der Waals surface area (Å²) in [7, 11) is 0. The lowest BCUT2D eigenvalue weighted by atomic mass is 10.0. The normalized spacial score (nSPS) is 18.3. The van der Waals surface area contributed by atoms with E-state index >= 15 is 0 Å². The largest absolute Gasteiger partial charge is 0.390 e. The summed E-state index contributed by atoms with van der Waals surface area (Å²) >= 11 is 0. The van der Waals surface area contributed by atoms with Gasteiger partial charge in [0.25, 0.3) is 0 Å². The van der Waals surface area contributed by atoms with E-state index in [2.05, 4.69) is 0 Å². The Hall–Kier alpha value is -0.450. The predicted octanol–water partition coefficient (Wildman–Crippen LogP) is -0.542. The Labute approximate surface area is 71.8 Å². The van der Waals surface area contributed by atoms with Gasteiger partial charge in [0.05, 0.1) is 6.10 Å². The van der Waals surface area contributed by atoms with Crippen LogP contribution in [0, 0.1) is 0 Å². The molecule has 0 aromatic rings.